The molecule has 0 N–H and O–H groups in total. The average Bonchev–Trinajstić information content (AvgIpc) is 2.74. The largest absolute Gasteiger partial charge is 0.487 e. The minimum Gasteiger partial charge on any atom is -0.487 e. The van der Waals surface area contributed by atoms with E-state index in [1.165, 1.54) is 50.8 Å². The van der Waals surface area contributed by atoms with E-state index in [9.17, 15) is 0 Å². The monoisotopic (exact) mass is 349 g/mol. The third kappa shape index (κ3) is 2.53. The molecule has 0 aromatic heterocycles. The molecule has 2 aliphatic heterocycles. The van der Waals surface area contributed by atoms with Gasteiger partial charge in [-0.1, -0.05) is 22.4 Å². The first-order valence-electron chi connectivity index (χ1n) is 8.37. The molecule has 4 rings (SSSR count). The predicted molar refractivity (Wildman–Crippen MR) is 88.8 cm³/mol. The van der Waals surface area contributed by atoms with E-state index < -0.39 is 0 Å². The lowest BCUT2D eigenvalue weighted by molar-refractivity contribution is -0.00849. The number of likely N-dealkylation sites (tertiary alicyclic amines) is 1. The van der Waals surface area contributed by atoms with Gasteiger partial charge in [0.2, 0.25) is 0 Å². The molecule has 0 bridgehead atoms. The highest BCUT2D eigenvalue weighted by Gasteiger charge is 2.43. The summed E-state index contributed by atoms with van der Waals surface area (Å²) in [6.07, 6.45) is 7.78. The van der Waals surface area contributed by atoms with Gasteiger partial charge in [0.1, 0.15) is 11.4 Å². The third-order valence-corrected chi connectivity index (χ3v) is 6.47. The molecule has 1 aliphatic carbocycles. The summed E-state index contributed by atoms with van der Waals surface area (Å²) in [5.74, 6) is 2.07. The molecule has 3 heteroatoms. The number of rotatable bonds is 2. The van der Waals surface area contributed by atoms with E-state index in [0.717, 1.165) is 28.6 Å². The van der Waals surface area contributed by atoms with Gasteiger partial charge >= 0.3 is 0 Å². The molecule has 114 valence electrons. The van der Waals surface area contributed by atoms with Gasteiger partial charge in [-0.3, -0.25) is 0 Å². The van der Waals surface area contributed by atoms with Crippen LogP contribution in [0.25, 0.3) is 0 Å². The molecule has 2 heterocycles. The number of hydrogen-bond acceptors (Lipinski definition) is 2. The Morgan fingerprint density at radius 1 is 1.29 bits per heavy atom. The maximum atomic E-state index is 6.37. The van der Waals surface area contributed by atoms with Crippen LogP contribution in [0.4, 0.5) is 0 Å². The van der Waals surface area contributed by atoms with Crippen molar-refractivity contribution in [2.45, 2.75) is 57.1 Å². The topological polar surface area (TPSA) is 12.5 Å². The Morgan fingerprint density at radius 3 is 2.71 bits per heavy atom. The van der Waals surface area contributed by atoms with Gasteiger partial charge in [-0.05, 0) is 49.4 Å². The minimum atomic E-state index is 0.0823. The molecule has 2 nitrogen and oxygen atoms in total. The summed E-state index contributed by atoms with van der Waals surface area (Å²) in [7, 11) is 0. The SMILES string of the molecule is C[C@H](C1CCC1)N1CCC2(CC1)Cc1cc(Br)ccc1O2. The van der Waals surface area contributed by atoms with Crippen molar-refractivity contribution in [3.8, 4) is 5.75 Å². The lowest BCUT2D eigenvalue weighted by Crippen LogP contribution is -2.52. The summed E-state index contributed by atoms with van der Waals surface area (Å²) >= 11 is 3.57. The second kappa shape index (κ2) is 5.27. The fourth-order valence-corrected chi connectivity index (χ4v) is 4.65. The fourth-order valence-electron chi connectivity index (χ4n) is 4.24. The van der Waals surface area contributed by atoms with E-state index in [2.05, 4.69) is 46.0 Å². The van der Waals surface area contributed by atoms with Gasteiger partial charge in [0.15, 0.2) is 0 Å². The van der Waals surface area contributed by atoms with E-state index >= 15 is 0 Å². The Bertz CT molecular complexity index is 532. The Morgan fingerprint density at radius 2 is 2.05 bits per heavy atom. The summed E-state index contributed by atoms with van der Waals surface area (Å²) in [5, 5.41) is 0. The maximum absolute atomic E-state index is 6.37. The van der Waals surface area contributed by atoms with E-state index in [0.29, 0.717) is 0 Å². The van der Waals surface area contributed by atoms with Crippen LogP contribution in [0.2, 0.25) is 0 Å². The van der Waals surface area contributed by atoms with E-state index in [1.54, 1.807) is 0 Å². The van der Waals surface area contributed by atoms with Crippen molar-refractivity contribution >= 4 is 15.9 Å². The number of nitrogens with zero attached hydrogens (tertiary/aromatic N) is 1. The molecule has 21 heavy (non-hydrogen) atoms. The first-order valence-corrected chi connectivity index (χ1v) is 9.16. The standard InChI is InChI=1S/C18H24BrNO/c1-13(14-3-2-4-14)20-9-7-18(8-10-20)12-15-11-16(19)5-6-17(15)21-18/h5-6,11,13-14H,2-4,7-10,12H2,1H3/t13-/m1/s1. The highest BCUT2D eigenvalue weighted by Crippen LogP contribution is 2.43. The highest BCUT2D eigenvalue weighted by molar-refractivity contribution is 9.10. The van der Waals surface area contributed by atoms with Crippen LogP contribution < -0.4 is 4.74 Å². The van der Waals surface area contributed by atoms with Crippen LogP contribution >= 0.6 is 15.9 Å². The van der Waals surface area contributed by atoms with Crippen molar-refractivity contribution in [1.29, 1.82) is 0 Å². The van der Waals surface area contributed by atoms with Crippen LogP contribution in [0.15, 0.2) is 22.7 Å². The zero-order chi connectivity index (χ0) is 14.4. The third-order valence-electron chi connectivity index (χ3n) is 5.98. The second-order valence-corrected chi connectivity index (χ2v) is 8.10. The normalized spacial score (nSPS) is 26.2. The van der Waals surface area contributed by atoms with Gasteiger partial charge in [-0.25, -0.2) is 0 Å². The molecule has 1 atom stereocenters. The minimum absolute atomic E-state index is 0.0823. The second-order valence-electron chi connectivity index (χ2n) is 7.18. The van der Waals surface area contributed by atoms with Crippen LogP contribution in [-0.4, -0.2) is 29.6 Å². The van der Waals surface area contributed by atoms with Crippen molar-refractivity contribution in [2.75, 3.05) is 13.1 Å². The zero-order valence-electron chi connectivity index (χ0n) is 12.8. The van der Waals surface area contributed by atoms with Gasteiger partial charge in [0, 0.05) is 42.9 Å². The molecular formula is C18H24BrNO. The molecule has 0 radical (unpaired) electrons. The van der Waals surface area contributed by atoms with Crippen LogP contribution in [-0.2, 0) is 6.42 Å². The lowest BCUT2D eigenvalue weighted by Gasteiger charge is -2.45. The maximum Gasteiger partial charge on any atom is 0.123 e. The van der Waals surface area contributed by atoms with Crippen molar-refractivity contribution in [1.82, 2.24) is 4.90 Å². The van der Waals surface area contributed by atoms with Crippen molar-refractivity contribution in [3.63, 3.8) is 0 Å². The number of ether oxygens (including phenoxy) is 1. The average molecular weight is 350 g/mol. The number of benzene rings is 1. The Balaban J connectivity index is 1.41. The molecule has 1 spiro atoms. The van der Waals surface area contributed by atoms with E-state index in [4.69, 9.17) is 4.74 Å². The van der Waals surface area contributed by atoms with Crippen molar-refractivity contribution in [2.24, 2.45) is 5.92 Å². The summed E-state index contributed by atoms with van der Waals surface area (Å²) in [4.78, 5) is 2.71. The fraction of sp³-hybridized carbons (Fsp3) is 0.667. The van der Waals surface area contributed by atoms with Gasteiger partial charge in [-0.2, -0.15) is 0 Å². The van der Waals surface area contributed by atoms with E-state index in [-0.39, 0.29) is 5.60 Å². The zero-order valence-corrected chi connectivity index (χ0v) is 14.4. The summed E-state index contributed by atoms with van der Waals surface area (Å²) in [6, 6.07) is 7.21. The molecule has 1 saturated heterocycles. The van der Waals surface area contributed by atoms with Crippen molar-refractivity contribution in [3.05, 3.63) is 28.2 Å². The molecule has 0 unspecified atom stereocenters. The lowest BCUT2D eigenvalue weighted by atomic mass is 9.78. The Labute approximate surface area is 136 Å². The van der Waals surface area contributed by atoms with Crippen LogP contribution in [0.1, 0.15) is 44.6 Å². The first kappa shape index (κ1) is 14.1. The molecule has 1 aromatic carbocycles. The molecule has 1 aromatic rings. The predicted octanol–water partition coefficient (Wildman–Crippen LogP) is 4.41. The van der Waals surface area contributed by atoms with Crippen LogP contribution in [0.3, 0.4) is 0 Å². The smallest absolute Gasteiger partial charge is 0.123 e. The number of fused-ring (bicyclic) bond motifs is 1. The quantitative estimate of drug-likeness (QED) is 0.784. The number of piperidine rings is 1. The summed E-state index contributed by atoms with van der Waals surface area (Å²) < 4.78 is 7.54. The summed E-state index contributed by atoms with van der Waals surface area (Å²) in [6.45, 7) is 4.84. The van der Waals surface area contributed by atoms with E-state index in [1.807, 2.05) is 0 Å². The van der Waals surface area contributed by atoms with Crippen LogP contribution in [0.5, 0.6) is 5.75 Å². The molecule has 3 aliphatic rings. The number of hydrogen-bond donors (Lipinski definition) is 0. The van der Waals surface area contributed by atoms with Gasteiger partial charge in [0.05, 0.1) is 0 Å². The first-order chi connectivity index (χ1) is 10.2. The van der Waals surface area contributed by atoms with Gasteiger partial charge in [0.25, 0.3) is 0 Å². The Kier molecular flexibility index (Phi) is 3.54. The molecule has 0 amide bonds. The van der Waals surface area contributed by atoms with Gasteiger partial charge in [-0.15, -0.1) is 0 Å². The van der Waals surface area contributed by atoms with Gasteiger partial charge < -0.3 is 9.64 Å². The van der Waals surface area contributed by atoms with Crippen molar-refractivity contribution < 1.29 is 4.74 Å². The molecule has 2 fully saturated rings. The highest BCUT2D eigenvalue weighted by atomic mass is 79.9. The molecular weight excluding hydrogens is 326 g/mol. The summed E-state index contributed by atoms with van der Waals surface area (Å²) in [5.41, 5.74) is 1.46. The Hall–Kier alpha value is -0.540. The number of halogens is 1. The van der Waals surface area contributed by atoms with Crippen LogP contribution in [0, 0.1) is 5.92 Å². The molecule has 1 saturated carbocycles.